The number of halogens is 2. The first-order valence-corrected chi connectivity index (χ1v) is 8.05. The van der Waals surface area contributed by atoms with Crippen molar-refractivity contribution in [3.8, 4) is 0 Å². The Morgan fingerprint density at radius 1 is 1.08 bits per heavy atom. The Balaban J connectivity index is 1.81. The second-order valence-electron chi connectivity index (χ2n) is 5.65. The number of anilines is 2. The summed E-state index contributed by atoms with van der Waals surface area (Å²) in [5.41, 5.74) is 2.40. The van der Waals surface area contributed by atoms with Crippen LogP contribution in [0.1, 0.15) is 5.56 Å². The highest BCUT2D eigenvalue weighted by molar-refractivity contribution is 6.39. The van der Waals surface area contributed by atoms with Crippen molar-refractivity contribution in [1.29, 1.82) is 0 Å². The predicted octanol–water partition coefficient (Wildman–Crippen LogP) is 2.84. The van der Waals surface area contributed by atoms with Gasteiger partial charge in [-0.2, -0.15) is 0 Å². The first-order chi connectivity index (χ1) is 11.9. The third-order valence-corrected chi connectivity index (χ3v) is 3.83. The summed E-state index contributed by atoms with van der Waals surface area (Å²) in [6.45, 7) is 0.331. The molecule has 0 spiro atoms. The predicted molar refractivity (Wildman–Crippen MR) is 97.5 cm³/mol. The molecular weight excluding hydrogens is 345 g/mol. The summed E-state index contributed by atoms with van der Waals surface area (Å²) < 4.78 is 13.1. The van der Waals surface area contributed by atoms with Gasteiger partial charge < -0.3 is 15.5 Å². The summed E-state index contributed by atoms with van der Waals surface area (Å²) in [5, 5.41) is 4.79. The molecule has 0 radical (unpaired) electrons. The molecule has 0 aromatic heterocycles. The van der Waals surface area contributed by atoms with Gasteiger partial charge in [-0.1, -0.05) is 23.7 Å². The Bertz CT molecular complexity index is 763. The Morgan fingerprint density at radius 3 is 2.36 bits per heavy atom. The summed E-state index contributed by atoms with van der Waals surface area (Å²) in [7, 11) is 3.92. The van der Waals surface area contributed by atoms with Crippen molar-refractivity contribution in [3.05, 3.63) is 58.9 Å². The molecule has 0 fully saturated rings. The van der Waals surface area contributed by atoms with Crippen molar-refractivity contribution in [3.63, 3.8) is 0 Å². The lowest BCUT2D eigenvalue weighted by Crippen LogP contribution is -2.36. The molecule has 0 bridgehead atoms. The molecule has 0 saturated heterocycles. The molecule has 2 N–H and O–H groups in total. The third kappa shape index (κ3) is 5.46. The van der Waals surface area contributed by atoms with Crippen LogP contribution in [0.5, 0.6) is 0 Å². The van der Waals surface area contributed by atoms with Crippen LogP contribution in [-0.4, -0.2) is 32.5 Å². The van der Waals surface area contributed by atoms with Crippen LogP contribution in [0.15, 0.2) is 42.5 Å². The molecule has 2 rings (SSSR count). The molecule has 2 aromatic rings. The third-order valence-electron chi connectivity index (χ3n) is 3.54. The maximum Gasteiger partial charge on any atom is 0.313 e. The molecule has 0 heterocycles. The fraction of sp³-hybridized carbons (Fsp3) is 0.222. The average Bonchev–Trinajstić information content (AvgIpc) is 2.58. The van der Waals surface area contributed by atoms with E-state index in [9.17, 15) is 14.0 Å². The highest BCUT2D eigenvalue weighted by Gasteiger charge is 2.13. The maximum absolute atomic E-state index is 13.1. The Morgan fingerprint density at radius 2 is 1.76 bits per heavy atom. The topological polar surface area (TPSA) is 61.4 Å². The number of nitrogens with one attached hydrogen (secondary N) is 2. The van der Waals surface area contributed by atoms with E-state index in [-0.39, 0.29) is 10.7 Å². The molecule has 25 heavy (non-hydrogen) atoms. The number of carbonyl (C=O) groups is 2. The maximum atomic E-state index is 13.1. The normalized spacial score (nSPS) is 10.2. The number of rotatable bonds is 5. The van der Waals surface area contributed by atoms with Gasteiger partial charge in [-0.3, -0.25) is 9.59 Å². The smallest absolute Gasteiger partial charge is 0.313 e. The van der Waals surface area contributed by atoms with Gasteiger partial charge in [0.2, 0.25) is 0 Å². The van der Waals surface area contributed by atoms with E-state index < -0.39 is 17.6 Å². The van der Waals surface area contributed by atoms with Gasteiger partial charge in [0, 0.05) is 32.0 Å². The van der Waals surface area contributed by atoms with E-state index in [4.69, 9.17) is 11.6 Å². The second-order valence-corrected chi connectivity index (χ2v) is 6.06. The Kier molecular flexibility index (Phi) is 6.36. The van der Waals surface area contributed by atoms with E-state index in [0.717, 1.165) is 17.3 Å². The quantitative estimate of drug-likeness (QED) is 0.803. The molecule has 7 heteroatoms. The van der Waals surface area contributed by atoms with Crippen molar-refractivity contribution in [2.24, 2.45) is 0 Å². The van der Waals surface area contributed by atoms with Crippen molar-refractivity contribution in [2.75, 3.05) is 30.9 Å². The number of nitrogens with zero attached hydrogens (tertiary/aromatic N) is 1. The van der Waals surface area contributed by atoms with Crippen LogP contribution in [0.2, 0.25) is 5.02 Å². The van der Waals surface area contributed by atoms with Crippen LogP contribution in [0.25, 0.3) is 0 Å². The summed E-state index contributed by atoms with van der Waals surface area (Å²) >= 11 is 5.63. The lowest BCUT2D eigenvalue weighted by Gasteiger charge is -2.12. The van der Waals surface area contributed by atoms with E-state index in [1.165, 1.54) is 12.1 Å². The molecule has 2 amide bonds. The first kappa shape index (κ1) is 18.7. The van der Waals surface area contributed by atoms with Crippen LogP contribution in [0, 0.1) is 5.82 Å². The Hall–Kier alpha value is -2.60. The molecule has 0 unspecified atom stereocenters. The summed E-state index contributed by atoms with van der Waals surface area (Å²) in [4.78, 5) is 25.6. The molecule has 0 aliphatic carbocycles. The fourth-order valence-electron chi connectivity index (χ4n) is 2.12. The fourth-order valence-corrected chi connectivity index (χ4v) is 2.30. The molecular formula is C18H19ClFN3O2. The van der Waals surface area contributed by atoms with Gasteiger partial charge in [0.05, 0.1) is 5.02 Å². The van der Waals surface area contributed by atoms with Crippen LogP contribution < -0.4 is 15.5 Å². The molecule has 2 aromatic carbocycles. The second kappa shape index (κ2) is 8.48. The molecule has 0 saturated carbocycles. The molecule has 0 aliphatic rings. The Labute approximate surface area is 150 Å². The van der Waals surface area contributed by atoms with Gasteiger partial charge in [0.25, 0.3) is 0 Å². The van der Waals surface area contributed by atoms with E-state index in [2.05, 4.69) is 10.6 Å². The number of carbonyl (C=O) groups excluding carboxylic acids is 2. The van der Waals surface area contributed by atoms with E-state index in [1.54, 1.807) is 0 Å². The van der Waals surface area contributed by atoms with Crippen LogP contribution in [0.4, 0.5) is 15.8 Å². The average molecular weight is 364 g/mol. The van der Waals surface area contributed by atoms with E-state index in [1.807, 2.05) is 43.3 Å². The van der Waals surface area contributed by atoms with Crippen molar-refractivity contribution < 1.29 is 14.0 Å². The SMILES string of the molecule is CN(C)c1ccc(CCNC(=O)C(=O)Nc2ccc(F)c(Cl)c2)cc1. The summed E-state index contributed by atoms with van der Waals surface area (Å²) in [5.74, 6) is -2.18. The minimum atomic E-state index is -0.828. The summed E-state index contributed by atoms with van der Waals surface area (Å²) in [6, 6.07) is 11.6. The largest absolute Gasteiger partial charge is 0.378 e. The van der Waals surface area contributed by atoms with E-state index in [0.29, 0.717) is 13.0 Å². The van der Waals surface area contributed by atoms with Crippen molar-refractivity contribution in [2.45, 2.75) is 6.42 Å². The van der Waals surface area contributed by atoms with Crippen LogP contribution >= 0.6 is 11.6 Å². The van der Waals surface area contributed by atoms with Crippen molar-refractivity contribution >= 4 is 34.8 Å². The number of benzene rings is 2. The molecule has 5 nitrogen and oxygen atoms in total. The zero-order chi connectivity index (χ0) is 18.4. The minimum Gasteiger partial charge on any atom is -0.378 e. The van der Waals surface area contributed by atoms with E-state index >= 15 is 0 Å². The minimum absolute atomic E-state index is 0.126. The lowest BCUT2D eigenvalue weighted by molar-refractivity contribution is -0.136. The van der Waals surface area contributed by atoms with Crippen LogP contribution in [-0.2, 0) is 16.0 Å². The van der Waals surface area contributed by atoms with Gasteiger partial charge in [-0.05, 0) is 42.3 Å². The number of amides is 2. The van der Waals surface area contributed by atoms with Gasteiger partial charge in [0.15, 0.2) is 0 Å². The highest BCUT2D eigenvalue weighted by atomic mass is 35.5. The first-order valence-electron chi connectivity index (χ1n) is 7.67. The highest BCUT2D eigenvalue weighted by Crippen LogP contribution is 2.19. The lowest BCUT2D eigenvalue weighted by atomic mass is 10.1. The van der Waals surface area contributed by atoms with Crippen LogP contribution in [0.3, 0.4) is 0 Å². The zero-order valence-corrected chi connectivity index (χ0v) is 14.7. The number of hydrogen-bond donors (Lipinski definition) is 2. The van der Waals surface area contributed by atoms with Gasteiger partial charge >= 0.3 is 11.8 Å². The summed E-state index contributed by atoms with van der Waals surface area (Å²) in [6.07, 6.45) is 0.606. The molecule has 0 atom stereocenters. The van der Waals surface area contributed by atoms with Gasteiger partial charge in [-0.15, -0.1) is 0 Å². The van der Waals surface area contributed by atoms with Gasteiger partial charge in [0.1, 0.15) is 5.82 Å². The zero-order valence-electron chi connectivity index (χ0n) is 14.0. The number of hydrogen-bond acceptors (Lipinski definition) is 3. The standard InChI is InChI=1S/C18H19ClFN3O2/c1-23(2)14-6-3-12(4-7-14)9-10-21-17(24)18(25)22-13-5-8-16(20)15(19)11-13/h3-8,11H,9-10H2,1-2H3,(H,21,24)(H,22,25). The van der Waals surface area contributed by atoms with Crippen molar-refractivity contribution in [1.82, 2.24) is 5.32 Å². The molecule has 132 valence electrons. The molecule has 0 aliphatic heterocycles. The monoisotopic (exact) mass is 363 g/mol. The van der Waals surface area contributed by atoms with Gasteiger partial charge in [-0.25, -0.2) is 4.39 Å².